The third kappa shape index (κ3) is 2.63. The van der Waals surface area contributed by atoms with Crippen LogP contribution in [-0.2, 0) is 0 Å². The van der Waals surface area contributed by atoms with Crippen molar-refractivity contribution in [3.63, 3.8) is 0 Å². The van der Waals surface area contributed by atoms with Gasteiger partial charge >= 0.3 is 0 Å². The first kappa shape index (κ1) is 18.3. The number of carbonyl (C=O) groups excluding carboxylic acids is 2. The number of benzene rings is 3. The van der Waals surface area contributed by atoms with Crippen LogP contribution < -0.4 is 14.6 Å². The summed E-state index contributed by atoms with van der Waals surface area (Å²) in [6, 6.07) is 22.3. The van der Waals surface area contributed by atoms with Gasteiger partial charge < -0.3 is 15.0 Å². The summed E-state index contributed by atoms with van der Waals surface area (Å²) in [5, 5.41) is 4.72. The molecule has 3 aromatic carbocycles. The quantitative estimate of drug-likeness (QED) is 0.417. The van der Waals surface area contributed by atoms with Gasteiger partial charge in [0.2, 0.25) is 5.69 Å². The lowest BCUT2D eigenvalue weighted by atomic mass is 10.1. The van der Waals surface area contributed by atoms with Crippen LogP contribution in [0.5, 0.6) is 5.75 Å². The van der Waals surface area contributed by atoms with Gasteiger partial charge in [0.25, 0.3) is 17.4 Å². The third-order valence-corrected chi connectivity index (χ3v) is 5.94. The Labute approximate surface area is 183 Å². The zero-order chi connectivity index (χ0) is 21.8. The zero-order valence-corrected chi connectivity index (χ0v) is 17.2. The van der Waals surface area contributed by atoms with Crippen LogP contribution >= 0.6 is 0 Å². The van der Waals surface area contributed by atoms with Crippen LogP contribution in [0, 0.1) is 0 Å². The molecule has 0 fully saturated rings. The number of anilines is 1. The summed E-state index contributed by atoms with van der Waals surface area (Å²) in [6.45, 7) is 0. The van der Waals surface area contributed by atoms with Gasteiger partial charge in [0.05, 0.1) is 7.11 Å². The van der Waals surface area contributed by atoms with Crippen LogP contribution in [0.1, 0.15) is 26.4 Å². The second kappa shape index (κ2) is 6.78. The summed E-state index contributed by atoms with van der Waals surface area (Å²) in [5.74, 6) is 0.519. The number of aromatic nitrogens is 2. The van der Waals surface area contributed by atoms with Crippen molar-refractivity contribution in [2.45, 2.75) is 0 Å². The normalized spacial score (nSPS) is 12.1. The van der Waals surface area contributed by atoms with Crippen LogP contribution in [0.4, 0.5) is 5.69 Å². The highest BCUT2D eigenvalue weighted by Gasteiger charge is 2.38. The number of aromatic amines is 1. The molecule has 0 spiro atoms. The van der Waals surface area contributed by atoms with E-state index in [9.17, 15) is 9.59 Å². The highest BCUT2D eigenvalue weighted by atomic mass is 16.5. The number of pyridine rings is 1. The first-order valence-corrected chi connectivity index (χ1v) is 10.2. The monoisotopic (exact) mass is 420 g/mol. The lowest BCUT2D eigenvalue weighted by molar-refractivity contribution is -0.592. The van der Waals surface area contributed by atoms with Crippen molar-refractivity contribution in [2.75, 3.05) is 12.4 Å². The van der Waals surface area contributed by atoms with E-state index >= 15 is 0 Å². The van der Waals surface area contributed by atoms with E-state index in [4.69, 9.17) is 4.74 Å². The number of nitrogens with one attached hydrogen (secondary N) is 2. The molecule has 0 aliphatic carbocycles. The largest absolute Gasteiger partial charge is 0.497 e. The fourth-order valence-electron chi connectivity index (χ4n) is 4.36. The van der Waals surface area contributed by atoms with E-state index in [1.54, 1.807) is 37.4 Å². The summed E-state index contributed by atoms with van der Waals surface area (Å²) in [5.41, 5.74) is 5.06. The Kier molecular flexibility index (Phi) is 3.89. The number of hydrogen-bond donors (Lipinski definition) is 2. The molecule has 3 heterocycles. The molecular weight excluding hydrogens is 402 g/mol. The average molecular weight is 420 g/mol. The molecule has 0 atom stereocenters. The van der Waals surface area contributed by atoms with E-state index in [-0.39, 0.29) is 11.7 Å². The Bertz CT molecular complexity index is 1570. The molecule has 5 aromatic rings. The highest BCUT2D eigenvalue weighted by Crippen LogP contribution is 2.31. The van der Waals surface area contributed by atoms with Gasteiger partial charge in [-0.25, -0.2) is 0 Å². The Hall–Kier alpha value is -4.45. The van der Waals surface area contributed by atoms with E-state index in [2.05, 4.69) is 10.3 Å². The van der Waals surface area contributed by atoms with Gasteiger partial charge in [-0.15, -0.1) is 0 Å². The minimum absolute atomic E-state index is 0.00442. The predicted octanol–water partition coefficient (Wildman–Crippen LogP) is 4.40. The molecule has 0 radical (unpaired) electrons. The number of ketones is 1. The number of hydrogen-bond acceptors (Lipinski definition) is 3. The maximum Gasteiger partial charge on any atom is 0.284 e. The number of H-pyrrole nitrogens is 1. The van der Waals surface area contributed by atoms with Gasteiger partial charge in [-0.3, -0.25) is 9.59 Å². The van der Waals surface area contributed by atoms with E-state index in [0.29, 0.717) is 22.5 Å². The standard InChI is InChI=1S/C26H17N3O3/c1-32-17-9-7-16(8-10-17)27-26(31)15-6-11-21-20(14-15)18-12-13-29-22-5-3-2-4-19(22)25(30)24(29)23(18)28-21/h2-14H,1H3,(H,27,31)/p+1. The maximum absolute atomic E-state index is 13.1. The number of methoxy groups -OCH3 is 1. The summed E-state index contributed by atoms with van der Waals surface area (Å²) < 4.78 is 7.08. The molecule has 0 saturated carbocycles. The molecular formula is C26H18N3O3+. The second-order valence-corrected chi connectivity index (χ2v) is 7.74. The van der Waals surface area contributed by atoms with Gasteiger partial charge in [-0.1, -0.05) is 12.1 Å². The van der Waals surface area contributed by atoms with Crippen molar-refractivity contribution < 1.29 is 18.9 Å². The van der Waals surface area contributed by atoms with Gasteiger partial charge in [0.15, 0.2) is 6.20 Å². The van der Waals surface area contributed by atoms with E-state index in [1.807, 2.05) is 53.2 Å². The fourth-order valence-corrected chi connectivity index (χ4v) is 4.36. The molecule has 0 bridgehead atoms. The molecule has 6 heteroatoms. The summed E-state index contributed by atoms with van der Waals surface area (Å²) in [4.78, 5) is 29.3. The molecule has 2 aromatic heterocycles. The van der Waals surface area contributed by atoms with E-state index in [0.717, 1.165) is 33.2 Å². The molecule has 154 valence electrons. The van der Waals surface area contributed by atoms with Crippen molar-refractivity contribution in [1.29, 1.82) is 0 Å². The summed E-state index contributed by atoms with van der Waals surface area (Å²) in [6.07, 6.45) is 1.92. The molecule has 1 aliphatic rings. The van der Waals surface area contributed by atoms with Crippen molar-refractivity contribution >= 4 is 39.2 Å². The first-order chi connectivity index (χ1) is 15.6. The average Bonchev–Trinajstić information content (AvgIpc) is 3.34. The number of amides is 1. The molecule has 6 rings (SSSR count). The smallest absolute Gasteiger partial charge is 0.284 e. The lowest BCUT2D eigenvalue weighted by Crippen LogP contribution is -2.31. The zero-order valence-electron chi connectivity index (χ0n) is 17.2. The number of ether oxygens (including phenoxy) is 1. The second-order valence-electron chi connectivity index (χ2n) is 7.74. The van der Waals surface area contributed by atoms with E-state index in [1.165, 1.54) is 0 Å². The number of rotatable bonds is 3. The highest BCUT2D eigenvalue weighted by molar-refractivity contribution is 6.21. The van der Waals surface area contributed by atoms with Crippen LogP contribution in [-0.4, -0.2) is 23.8 Å². The van der Waals surface area contributed by atoms with Gasteiger partial charge in [0.1, 0.15) is 16.8 Å². The van der Waals surface area contributed by atoms with Crippen LogP contribution in [0.2, 0.25) is 0 Å². The summed E-state index contributed by atoms with van der Waals surface area (Å²) >= 11 is 0. The minimum atomic E-state index is -0.203. The lowest BCUT2D eigenvalue weighted by Gasteiger charge is -2.06. The molecule has 32 heavy (non-hydrogen) atoms. The molecule has 1 amide bonds. The topological polar surface area (TPSA) is 75.1 Å². The Morgan fingerprint density at radius 3 is 2.59 bits per heavy atom. The van der Waals surface area contributed by atoms with Gasteiger partial charge in [0, 0.05) is 39.7 Å². The Balaban J connectivity index is 1.42. The SMILES string of the molecule is COc1ccc(NC(=O)c2ccc3[nH]c4c5[n+](ccc4c3c2)-c2ccccc2C5=O)cc1. The van der Waals surface area contributed by atoms with Gasteiger partial charge in [-0.2, -0.15) is 4.57 Å². The molecule has 2 N–H and O–H groups in total. The molecule has 0 saturated heterocycles. The minimum Gasteiger partial charge on any atom is -0.497 e. The van der Waals surface area contributed by atoms with Gasteiger partial charge in [-0.05, 0) is 48.5 Å². The number of para-hydroxylation sites is 1. The van der Waals surface area contributed by atoms with E-state index < -0.39 is 0 Å². The number of nitrogens with zero attached hydrogens (tertiary/aromatic N) is 1. The Morgan fingerprint density at radius 1 is 0.969 bits per heavy atom. The molecule has 1 aliphatic heterocycles. The number of carbonyl (C=O) groups is 2. The van der Waals surface area contributed by atoms with Crippen molar-refractivity contribution in [2.24, 2.45) is 0 Å². The van der Waals surface area contributed by atoms with Crippen LogP contribution in [0.25, 0.3) is 27.5 Å². The van der Waals surface area contributed by atoms with Crippen LogP contribution in [0.15, 0.2) is 79.0 Å². The van der Waals surface area contributed by atoms with Crippen molar-refractivity contribution in [3.8, 4) is 11.4 Å². The van der Waals surface area contributed by atoms with Crippen molar-refractivity contribution in [3.05, 3.63) is 95.8 Å². The Morgan fingerprint density at radius 2 is 1.78 bits per heavy atom. The third-order valence-electron chi connectivity index (χ3n) is 5.94. The van der Waals surface area contributed by atoms with Crippen LogP contribution in [0.3, 0.4) is 0 Å². The maximum atomic E-state index is 13.1. The first-order valence-electron chi connectivity index (χ1n) is 10.2. The van der Waals surface area contributed by atoms with Crippen molar-refractivity contribution in [1.82, 2.24) is 4.98 Å². The molecule has 0 unspecified atom stereocenters. The number of fused-ring (bicyclic) bond motifs is 7. The predicted molar refractivity (Wildman–Crippen MR) is 122 cm³/mol. The molecule has 6 nitrogen and oxygen atoms in total. The fraction of sp³-hybridized carbons (Fsp3) is 0.0385. The summed E-state index contributed by atoms with van der Waals surface area (Å²) in [7, 11) is 1.60.